The highest BCUT2D eigenvalue weighted by Crippen LogP contribution is 2.30. The van der Waals surface area contributed by atoms with E-state index in [1.165, 1.54) is 11.8 Å². The molecule has 0 aliphatic rings. The number of nitrogens with zero attached hydrogens (tertiary/aromatic N) is 3. The normalized spacial score (nSPS) is 10.6. The van der Waals surface area contributed by atoms with Gasteiger partial charge in [-0.3, -0.25) is 4.79 Å². The van der Waals surface area contributed by atoms with E-state index in [0.29, 0.717) is 34.5 Å². The van der Waals surface area contributed by atoms with Crippen molar-refractivity contribution >= 4 is 46.6 Å². The Hall–Kier alpha value is -1.50. The van der Waals surface area contributed by atoms with Gasteiger partial charge in [-0.15, -0.1) is 16.8 Å². The lowest BCUT2D eigenvalue weighted by molar-refractivity contribution is -0.115. The number of benzene rings is 1. The van der Waals surface area contributed by atoms with Crippen molar-refractivity contribution in [3.63, 3.8) is 0 Å². The molecule has 1 amide bonds. The fourth-order valence-electron chi connectivity index (χ4n) is 2.05. The number of hydrogen-bond donors (Lipinski definition) is 1. The number of nitrogens with one attached hydrogen (secondary N) is 1. The summed E-state index contributed by atoms with van der Waals surface area (Å²) in [7, 11) is 0. The number of anilines is 1. The van der Waals surface area contributed by atoms with E-state index in [1.54, 1.807) is 24.3 Å². The maximum absolute atomic E-state index is 12.1. The van der Waals surface area contributed by atoms with Crippen LogP contribution in [0, 0.1) is 0 Å². The lowest BCUT2D eigenvalue weighted by atomic mass is 10.3. The molecular formula is C16H18Cl2N4OS. The standard InChI is InChI=1S/C16H18Cl2N4OS/c1-3-9-22-13(4-2)20-21-16(22)24-10-8-14(23)19-15-11(17)6-5-7-12(15)18/h3,5-7H,1,4,8-10H2,2H3,(H,19,23). The van der Waals surface area contributed by atoms with Crippen molar-refractivity contribution in [1.29, 1.82) is 0 Å². The summed E-state index contributed by atoms with van der Waals surface area (Å²) in [5.41, 5.74) is 0.443. The van der Waals surface area contributed by atoms with Crippen molar-refractivity contribution in [3.8, 4) is 0 Å². The second kappa shape index (κ2) is 9.11. The Labute approximate surface area is 155 Å². The fraction of sp³-hybridized carbons (Fsp3) is 0.312. The molecule has 1 heterocycles. The summed E-state index contributed by atoms with van der Waals surface area (Å²) in [5, 5.41) is 12.7. The van der Waals surface area contributed by atoms with E-state index < -0.39 is 0 Å². The van der Waals surface area contributed by atoms with Gasteiger partial charge in [-0.05, 0) is 12.1 Å². The fourth-order valence-corrected chi connectivity index (χ4v) is 3.45. The molecule has 0 fully saturated rings. The summed E-state index contributed by atoms with van der Waals surface area (Å²) in [6.07, 6.45) is 2.92. The van der Waals surface area contributed by atoms with Crippen LogP contribution in [0.2, 0.25) is 10.0 Å². The van der Waals surface area contributed by atoms with Gasteiger partial charge in [-0.2, -0.15) is 0 Å². The van der Waals surface area contributed by atoms with E-state index in [4.69, 9.17) is 23.2 Å². The molecule has 0 unspecified atom stereocenters. The quantitative estimate of drug-likeness (QED) is 0.539. The number of carbonyl (C=O) groups is 1. The van der Waals surface area contributed by atoms with Crippen molar-refractivity contribution in [3.05, 3.63) is 46.7 Å². The largest absolute Gasteiger partial charge is 0.324 e. The zero-order valence-corrected chi connectivity index (χ0v) is 15.6. The number of allylic oxidation sites excluding steroid dienone is 1. The van der Waals surface area contributed by atoms with E-state index in [1.807, 2.05) is 11.5 Å². The van der Waals surface area contributed by atoms with Gasteiger partial charge in [0.15, 0.2) is 5.16 Å². The molecule has 5 nitrogen and oxygen atoms in total. The molecule has 0 spiro atoms. The van der Waals surface area contributed by atoms with Crippen LogP contribution in [0.5, 0.6) is 0 Å². The minimum absolute atomic E-state index is 0.150. The van der Waals surface area contributed by atoms with Gasteiger partial charge in [-0.1, -0.05) is 54.0 Å². The summed E-state index contributed by atoms with van der Waals surface area (Å²) in [6.45, 7) is 6.43. The Morgan fingerprint density at radius 3 is 2.71 bits per heavy atom. The van der Waals surface area contributed by atoms with Gasteiger partial charge in [-0.25, -0.2) is 0 Å². The molecule has 0 aliphatic heterocycles. The number of rotatable bonds is 8. The molecule has 0 saturated heterocycles. The highest BCUT2D eigenvalue weighted by Gasteiger charge is 2.12. The molecule has 1 N–H and O–H groups in total. The maximum atomic E-state index is 12.1. The minimum atomic E-state index is -0.150. The SMILES string of the molecule is C=CCn1c(CC)nnc1SCCC(=O)Nc1c(Cl)cccc1Cl. The average Bonchev–Trinajstić information content (AvgIpc) is 2.94. The van der Waals surface area contributed by atoms with Gasteiger partial charge < -0.3 is 9.88 Å². The summed E-state index contributed by atoms with van der Waals surface area (Å²) < 4.78 is 2.00. The highest BCUT2D eigenvalue weighted by atomic mass is 35.5. The Kier molecular flexibility index (Phi) is 7.15. The lowest BCUT2D eigenvalue weighted by Gasteiger charge is -2.09. The predicted molar refractivity (Wildman–Crippen MR) is 100 cm³/mol. The number of aromatic nitrogens is 3. The first-order valence-electron chi connectivity index (χ1n) is 7.46. The van der Waals surface area contributed by atoms with Gasteiger partial charge in [0.2, 0.25) is 5.91 Å². The maximum Gasteiger partial charge on any atom is 0.225 e. The molecule has 128 valence electrons. The molecule has 24 heavy (non-hydrogen) atoms. The third kappa shape index (κ3) is 4.75. The third-order valence-corrected chi connectivity index (χ3v) is 4.81. The molecule has 0 atom stereocenters. The van der Waals surface area contributed by atoms with Crippen LogP contribution in [0.15, 0.2) is 36.0 Å². The molecule has 0 saturated carbocycles. The van der Waals surface area contributed by atoms with E-state index >= 15 is 0 Å². The smallest absolute Gasteiger partial charge is 0.225 e. The van der Waals surface area contributed by atoms with E-state index in [-0.39, 0.29) is 5.91 Å². The summed E-state index contributed by atoms with van der Waals surface area (Å²) >= 11 is 13.6. The third-order valence-electron chi connectivity index (χ3n) is 3.21. The second-order valence-electron chi connectivity index (χ2n) is 4.89. The van der Waals surface area contributed by atoms with Crippen LogP contribution in [0.25, 0.3) is 0 Å². The van der Waals surface area contributed by atoms with Gasteiger partial charge >= 0.3 is 0 Å². The molecule has 0 aliphatic carbocycles. The van der Waals surface area contributed by atoms with Gasteiger partial charge in [0.05, 0.1) is 15.7 Å². The number of aryl methyl sites for hydroxylation is 1. The first kappa shape index (κ1) is 18.8. The van der Waals surface area contributed by atoms with Crippen molar-refractivity contribution in [1.82, 2.24) is 14.8 Å². The molecule has 0 bridgehead atoms. The van der Waals surface area contributed by atoms with Crippen LogP contribution in [0.3, 0.4) is 0 Å². The molecular weight excluding hydrogens is 367 g/mol. The highest BCUT2D eigenvalue weighted by molar-refractivity contribution is 7.99. The number of carbonyl (C=O) groups excluding carboxylic acids is 1. The van der Waals surface area contributed by atoms with Gasteiger partial charge in [0.25, 0.3) is 0 Å². The van der Waals surface area contributed by atoms with Crippen LogP contribution < -0.4 is 5.32 Å². The zero-order chi connectivity index (χ0) is 17.5. The van der Waals surface area contributed by atoms with Crippen LogP contribution in [0.1, 0.15) is 19.2 Å². The van der Waals surface area contributed by atoms with Crippen molar-refractivity contribution in [2.75, 3.05) is 11.1 Å². The molecule has 1 aromatic carbocycles. The molecule has 1 aromatic heterocycles. The summed E-state index contributed by atoms with van der Waals surface area (Å²) in [6, 6.07) is 5.09. The molecule has 2 rings (SSSR count). The Bertz CT molecular complexity index is 713. The molecule has 2 aromatic rings. The average molecular weight is 385 g/mol. The van der Waals surface area contributed by atoms with Crippen LogP contribution in [-0.4, -0.2) is 26.4 Å². The monoisotopic (exact) mass is 384 g/mol. The minimum Gasteiger partial charge on any atom is -0.324 e. The summed E-state index contributed by atoms with van der Waals surface area (Å²) in [4.78, 5) is 12.1. The zero-order valence-electron chi connectivity index (χ0n) is 13.3. The first-order valence-corrected chi connectivity index (χ1v) is 9.20. The lowest BCUT2D eigenvalue weighted by Crippen LogP contribution is -2.13. The Morgan fingerprint density at radius 2 is 2.08 bits per heavy atom. The van der Waals surface area contributed by atoms with Gasteiger partial charge in [0, 0.05) is 25.1 Å². The predicted octanol–water partition coefficient (Wildman–Crippen LogP) is 4.45. The number of para-hydroxylation sites is 1. The number of thioether (sulfide) groups is 1. The number of amides is 1. The van der Waals surface area contributed by atoms with Crippen molar-refractivity contribution in [2.24, 2.45) is 0 Å². The van der Waals surface area contributed by atoms with E-state index in [2.05, 4.69) is 22.1 Å². The Morgan fingerprint density at radius 1 is 1.38 bits per heavy atom. The van der Waals surface area contributed by atoms with Crippen molar-refractivity contribution in [2.45, 2.75) is 31.5 Å². The molecule has 8 heteroatoms. The van der Waals surface area contributed by atoms with Crippen molar-refractivity contribution < 1.29 is 4.79 Å². The number of halogens is 2. The number of hydrogen-bond acceptors (Lipinski definition) is 4. The Balaban J connectivity index is 1.91. The van der Waals surface area contributed by atoms with Gasteiger partial charge in [0.1, 0.15) is 5.82 Å². The van der Waals surface area contributed by atoms with Crippen LogP contribution in [-0.2, 0) is 17.8 Å². The van der Waals surface area contributed by atoms with Crippen LogP contribution >= 0.6 is 35.0 Å². The second-order valence-corrected chi connectivity index (χ2v) is 6.77. The van der Waals surface area contributed by atoms with Crippen LogP contribution in [0.4, 0.5) is 5.69 Å². The summed E-state index contributed by atoms with van der Waals surface area (Å²) in [5.74, 6) is 1.33. The first-order chi connectivity index (χ1) is 11.6. The van der Waals surface area contributed by atoms with E-state index in [9.17, 15) is 4.79 Å². The topological polar surface area (TPSA) is 59.8 Å². The van der Waals surface area contributed by atoms with E-state index in [0.717, 1.165) is 17.4 Å². The molecule has 0 radical (unpaired) electrons.